The number of anilines is 1. The second-order valence-corrected chi connectivity index (χ2v) is 12.5. The highest BCUT2D eigenvalue weighted by atomic mass is 19.4. The Hall–Kier alpha value is -3.39. The fraction of sp³-hybridized carbons (Fsp3) is 0.600. The van der Waals surface area contributed by atoms with Crippen LogP contribution in [0, 0.1) is 5.92 Å². The topological polar surface area (TPSA) is 76.6 Å². The lowest BCUT2D eigenvalue weighted by atomic mass is 9.72. The minimum absolute atomic E-state index is 0.0624. The predicted octanol–water partition coefficient (Wildman–Crippen LogP) is 5.75. The molecule has 1 aromatic carbocycles. The third-order valence-electron chi connectivity index (χ3n) is 9.54. The molecular weight excluding hydrogens is 583 g/mol. The highest BCUT2D eigenvalue weighted by Gasteiger charge is 2.52. The molecule has 3 aromatic heterocycles. The van der Waals surface area contributed by atoms with Crippen molar-refractivity contribution in [3.63, 3.8) is 0 Å². The van der Waals surface area contributed by atoms with Gasteiger partial charge in [-0.2, -0.15) is 18.2 Å². The molecule has 14 heteroatoms. The van der Waals surface area contributed by atoms with Crippen LogP contribution in [0.4, 0.5) is 27.8 Å². The molecule has 0 N–H and O–H groups in total. The number of aromatic nitrogens is 6. The van der Waals surface area contributed by atoms with Gasteiger partial charge in [0.15, 0.2) is 11.5 Å². The van der Waals surface area contributed by atoms with Gasteiger partial charge in [0.1, 0.15) is 11.8 Å². The highest BCUT2D eigenvalue weighted by Crippen LogP contribution is 2.51. The number of hydrogen-bond acceptors (Lipinski definition) is 7. The van der Waals surface area contributed by atoms with Crippen molar-refractivity contribution in [1.29, 1.82) is 0 Å². The van der Waals surface area contributed by atoms with E-state index in [9.17, 15) is 22.0 Å². The summed E-state index contributed by atoms with van der Waals surface area (Å²) in [5.41, 5.74) is 1.42. The van der Waals surface area contributed by atoms with E-state index in [-0.39, 0.29) is 36.9 Å². The average Bonchev–Trinajstić information content (AvgIpc) is 3.74. The van der Waals surface area contributed by atoms with E-state index in [1.807, 2.05) is 11.3 Å². The van der Waals surface area contributed by atoms with Gasteiger partial charge in [0.05, 0.1) is 24.5 Å². The van der Waals surface area contributed by atoms with Crippen molar-refractivity contribution in [3.8, 4) is 0 Å². The second-order valence-electron chi connectivity index (χ2n) is 12.5. The average molecular weight is 619 g/mol. The molecule has 3 aliphatic rings. The lowest BCUT2D eigenvalue weighted by molar-refractivity contribution is -0.138. The summed E-state index contributed by atoms with van der Waals surface area (Å²) < 4.78 is 78.1. The van der Waals surface area contributed by atoms with Gasteiger partial charge >= 0.3 is 6.18 Å². The molecule has 2 saturated heterocycles. The number of imidazole rings is 1. The van der Waals surface area contributed by atoms with Gasteiger partial charge in [-0.15, -0.1) is 10.2 Å². The molecule has 1 saturated carbocycles. The van der Waals surface area contributed by atoms with Crippen LogP contribution in [0.2, 0.25) is 0 Å². The highest BCUT2D eigenvalue weighted by molar-refractivity contribution is 5.86. The van der Waals surface area contributed by atoms with Crippen LogP contribution >= 0.6 is 0 Å². The first kappa shape index (κ1) is 29.3. The summed E-state index contributed by atoms with van der Waals surface area (Å²) >= 11 is 0. The van der Waals surface area contributed by atoms with Crippen molar-refractivity contribution in [3.05, 3.63) is 48.0 Å². The van der Waals surface area contributed by atoms with Crippen LogP contribution in [0.15, 0.2) is 36.9 Å². The van der Waals surface area contributed by atoms with Crippen LogP contribution < -0.4 is 4.90 Å². The Morgan fingerprint density at radius 3 is 2.52 bits per heavy atom. The molecule has 1 unspecified atom stereocenters. The minimum atomic E-state index is -4.47. The van der Waals surface area contributed by atoms with E-state index in [0.717, 1.165) is 37.2 Å². The SMILES string of the molecule is CC[C@@H]1CN(c2nc3nncn3c3c2ncn3C[C@@H]2CCCO2)[C@@H](C)CN1C(c1ccc(C(F)(F)F)cc1)C1CC(F)(F)C1. The van der Waals surface area contributed by atoms with Crippen LogP contribution in [0.5, 0.6) is 0 Å². The number of ether oxygens (including phenoxy) is 1. The third-order valence-corrected chi connectivity index (χ3v) is 9.54. The van der Waals surface area contributed by atoms with Gasteiger partial charge in [-0.1, -0.05) is 19.1 Å². The van der Waals surface area contributed by atoms with Crippen molar-refractivity contribution < 1.29 is 26.7 Å². The summed E-state index contributed by atoms with van der Waals surface area (Å²) in [7, 11) is 0. The predicted molar refractivity (Wildman–Crippen MR) is 152 cm³/mol. The molecule has 236 valence electrons. The molecule has 0 amide bonds. The lowest BCUT2D eigenvalue weighted by Gasteiger charge is -2.53. The fourth-order valence-electron chi connectivity index (χ4n) is 7.33. The van der Waals surface area contributed by atoms with E-state index < -0.39 is 23.7 Å². The van der Waals surface area contributed by atoms with Gasteiger partial charge in [0.25, 0.3) is 5.78 Å². The smallest absolute Gasteiger partial charge is 0.376 e. The standard InChI is InChI=1S/C30H35F5N8O/c1-3-22-14-41(26-24-27(43-17-37-39-28(43)38-26)40(16-36-24)15-23-5-4-10-44-23)18(2)13-42(22)25(20-11-29(31,32)12-20)19-6-8-21(9-7-19)30(33,34)35/h6-9,16-18,20,22-23,25H,3-5,10-15H2,1-2H3/t18-,22+,23-,25?/m0/s1. The Morgan fingerprint density at radius 2 is 1.86 bits per heavy atom. The van der Waals surface area contributed by atoms with Crippen molar-refractivity contribution in [2.24, 2.45) is 5.92 Å². The molecule has 7 rings (SSSR count). The van der Waals surface area contributed by atoms with Crippen LogP contribution in [-0.2, 0) is 17.5 Å². The largest absolute Gasteiger partial charge is 0.416 e. The number of benzene rings is 1. The number of hydrogen-bond donors (Lipinski definition) is 0. The molecular formula is C30H35F5N8O. The maximum atomic E-state index is 14.2. The first-order valence-electron chi connectivity index (χ1n) is 15.3. The summed E-state index contributed by atoms with van der Waals surface area (Å²) in [5, 5.41) is 8.34. The van der Waals surface area contributed by atoms with Gasteiger partial charge in [-0.3, -0.25) is 4.90 Å². The number of halogens is 5. The summed E-state index contributed by atoms with van der Waals surface area (Å²) in [5.74, 6) is -1.99. The van der Waals surface area contributed by atoms with E-state index in [2.05, 4.69) is 31.5 Å². The number of nitrogens with zero attached hydrogens (tertiary/aromatic N) is 8. The molecule has 3 fully saturated rings. The number of alkyl halides is 5. The van der Waals surface area contributed by atoms with Crippen LogP contribution in [0.25, 0.3) is 16.9 Å². The molecule has 44 heavy (non-hydrogen) atoms. The van der Waals surface area contributed by atoms with Crippen molar-refractivity contribution >= 4 is 22.8 Å². The maximum Gasteiger partial charge on any atom is 0.416 e. The lowest BCUT2D eigenvalue weighted by Crippen LogP contribution is -2.60. The van der Waals surface area contributed by atoms with Gasteiger partial charge in [0.2, 0.25) is 5.92 Å². The molecule has 0 spiro atoms. The van der Waals surface area contributed by atoms with Crippen LogP contribution in [0.1, 0.15) is 63.1 Å². The summed E-state index contributed by atoms with van der Waals surface area (Å²) in [4.78, 5) is 14.1. The van der Waals surface area contributed by atoms with Crippen molar-refractivity contribution in [1.82, 2.24) is 34.0 Å². The first-order valence-corrected chi connectivity index (χ1v) is 15.3. The Kier molecular flexibility index (Phi) is 7.26. The number of piperazine rings is 1. The Labute approximate surface area is 251 Å². The molecule has 0 bridgehead atoms. The second kappa shape index (κ2) is 10.9. The number of fused-ring (bicyclic) bond motifs is 3. The summed E-state index contributed by atoms with van der Waals surface area (Å²) in [6, 6.07) is 4.44. The van der Waals surface area contributed by atoms with E-state index >= 15 is 0 Å². The normalized spacial score (nSPS) is 25.6. The number of rotatable bonds is 7. The quantitative estimate of drug-likeness (QED) is 0.244. The molecule has 2 aliphatic heterocycles. The van der Waals surface area contributed by atoms with Crippen molar-refractivity contribution in [2.45, 2.75) is 88.8 Å². The maximum absolute atomic E-state index is 14.2. The van der Waals surface area contributed by atoms with Gasteiger partial charge < -0.3 is 14.2 Å². The third kappa shape index (κ3) is 5.19. The van der Waals surface area contributed by atoms with E-state index in [1.165, 1.54) is 12.1 Å². The Morgan fingerprint density at radius 1 is 1.09 bits per heavy atom. The zero-order valence-corrected chi connectivity index (χ0v) is 24.6. The Bertz CT molecular complexity index is 1620. The molecule has 5 heterocycles. The zero-order valence-electron chi connectivity index (χ0n) is 24.6. The van der Waals surface area contributed by atoms with Gasteiger partial charge in [-0.05, 0) is 49.8 Å². The van der Waals surface area contributed by atoms with Gasteiger partial charge in [0, 0.05) is 50.7 Å². The monoisotopic (exact) mass is 618 g/mol. The van der Waals surface area contributed by atoms with Gasteiger partial charge in [-0.25, -0.2) is 18.2 Å². The van der Waals surface area contributed by atoms with E-state index in [4.69, 9.17) is 14.7 Å². The summed E-state index contributed by atoms with van der Waals surface area (Å²) in [6.45, 7) is 6.56. The summed E-state index contributed by atoms with van der Waals surface area (Å²) in [6.07, 6.45) is 1.22. The van der Waals surface area contributed by atoms with Crippen LogP contribution in [0.3, 0.4) is 0 Å². The molecule has 4 atom stereocenters. The molecule has 1 aliphatic carbocycles. The fourth-order valence-corrected chi connectivity index (χ4v) is 7.33. The minimum Gasteiger partial charge on any atom is -0.376 e. The molecule has 0 radical (unpaired) electrons. The molecule has 9 nitrogen and oxygen atoms in total. The van der Waals surface area contributed by atoms with E-state index in [1.54, 1.807) is 12.7 Å². The Balaban J connectivity index is 1.22. The first-order chi connectivity index (χ1) is 21.0. The zero-order chi connectivity index (χ0) is 30.8. The molecule has 4 aromatic rings. The van der Waals surface area contributed by atoms with Crippen molar-refractivity contribution in [2.75, 3.05) is 24.6 Å². The van der Waals surface area contributed by atoms with Crippen LogP contribution in [-0.4, -0.2) is 77.8 Å². The van der Waals surface area contributed by atoms with E-state index in [0.29, 0.717) is 48.7 Å².